The molecule has 0 aliphatic heterocycles. The first-order valence-electron chi connectivity index (χ1n) is 17.4. The summed E-state index contributed by atoms with van der Waals surface area (Å²) in [7, 11) is 0. The van der Waals surface area contributed by atoms with Crippen molar-refractivity contribution in [1.29, 1.82) is 0 Å². The van der Waals surface area contributed by atoms with Gasteiger partial charge in [-0.25, -0.2) is 0 Å². The van der Waals surface area contributed by atoms with Crippen LogP contribution in [0.25, 0.3) is 0 Å². The first-order chi connectivity index (χ1) is 22.3. The maximum Gasteiger partial charge on any atom is 0.119 e. The fraction of sp³-hybridized carbons (Fsp3) is 0.632. The van der Waals surface area contributed by atoms with Crippen molar-refractivity contribution in [3.63, 3.8) is 0 Å². The van der Waals surface area contributed by atoms with Gasteiger partial charge < -0.3 is 29.2 Å². The normalized spacial score (nSPS) is 13.3. The minimum atomic E-state index is -0.660. The van der Waals surface area contributed by atoms with Gasteiger partial charge in [-0.15, -0.1) is 0 Å². The molecule has 2 N–H and O–H groups in total. The van der Waals surface area contributed by atoms with E-state index in [9.17, 15) is 10.2 Å². The molecule has 0 spiro atoms. The number of rotatable bonds is 27. The number of benzene rings is 2. The molecule has 0 saturated heterocycles. The Morgan fingerprint density at radius 3 is 1.26 bits per heavy atom. The van der Waals surface area contributed by atoms with Crippen molar-refractivity contribution in [3.05, 3.63) is 59.7 Å². The maximum absolute atomic E-state index is 10.1. The van der Waals surface area contributed by atoms with Crippen LogP contribution < -0.4 is 9.47 Å². The van der Waals surface area contributed by atoms with Crippen molar-refractivity contribution < 1.29 is 29.2 Å². The Bertz CT molecular complexity index is 970. The van der Waals surface area contributed by atoms with E-state index in [1.165, 1.54) is 51.4 Å². The van der Waals surface area contributed by atoms with E-state index in [0.717, 1.165) is 35.8 Å². The number of aliphatic hydroxyl groups excluding tert-OH is 2. The molecule has 0 saturated carbocycles. The van der Waals surface area contributed by atoms with E-state index in [-0.39, 0.29) is 26.4 Å². The molecule has 8 heteroatoms. The molecule has 0 aliphatic carbocycles. The number of ether oxygens (including phenoxy) is 4. The van der Waals surface area contributed by atoms with Gasteiger partial charge in [-0.3, -0.25) is 0 Å². The maximum atomic E-state index is 10.1. The first kappa shape index (κ1) is 39.4. The Labute approximate surface area is 278 Å². The zero-order valence-electron chi connectivity index (χ0n) is 28.8. The summed E-state index contributed by atoms with van der Waals surface area (Å²) in [5, 5.41) is 28.5. The van der Waals surface area contributed by atoms with Gasteiger partial charge in [-0.2, -0.15) is 10.2 Å². The quantitative estimate of drug-likeness (QED) is 0.0586. The minimum absolute atomic E-state index is 0.184. The summed E-state index contributed by atoms with van der Waals surface area (Å²) in [6.45, 7) is 11.3. The minimum Gasteiger partial charge on any atom is -0.491 e. The highest BCUT2D eigenvalue weighted by Gasteiger charge is 2.07. The number of hydrogen-bond acceptors (Lipinski definition) is 8. The average Bonchev–Trinajstić information content (AvgIpc) is 3.04. The van der Waals surface area contributed by atoms with Crippen LogP contribution in [0.4, 0.5) is 0 Å². The molecule has 0 bridgehead atoms. The molecule has 2 unspecified atom stereocenters. The molecular formula is C38H60N2O6. The van der Waals surface area contributed by atoms with Crippen LogP contribution in [-0.4, -0.2) is 74.5 Å². The Hall–Kier alpha value is -2.78. The predicted molar refractivity (Wildman–Crippen MR) is 189 cm³/mol. The van der Waals surface area contributed by atoms with E-state index < -0.39 is 12.2 Å². The van der Waals surface area contributed by atoms with Crippen LogP contribution in [0.15, 0.2) is 58.7 Å². The third-order valence-electron chi connectivity index (χ3n) is 7.39. The topological polar surface area (TPSA) is 102 Å². The second-order valence-corrected chi connectivity index (χ2v) is 12.9. The fourth-order valence-corrected chi connectivity index (χ4v) is 4.64. The highest BCUT2D eigenvalue weighted by Crippen LogP contribution is 2.14. The monoisotopic (exact) mass is 640 g/mol. The van der Waals surface area contributed by atoms with Gasteiger partial charge in [0.25, 0.3) is 0 Å². The average molecular weight is 641 g/mol. The second kappa shape index (κ2) is 25.3. The van der Waals surface area contributed by atoms with Crippen LogP contribution in [0.1, 0.15) is 103 Å². The number of unbranched alkanes of at least 4 members (excludes halogenated alkanes) is 6. The molecule has 0 fully saturated rings. The smallest absolute Gasteiger partial charge is 0.119 e. The van der Waals surface area contributed by atoms with Crippen molar-refractivity contribution in [2.75, 3.05) is 39.6 Å². The van der Waals surface area contributed by atoms with E-state index in [4.69, 9.17) is 18.9 Å². The van der Waals surface area contributed by atoms with Crippen LogP contribution in [-0.2, 0) is 9.47 Å². The highest BCUT2D eigenvalue weighted by molar-refractivity contribution is 5.82. The molecule has 0 amide bonds. The third kappa shape index (κ3) is 21.1. The van der Waals surface area contributed by atoms with Crippen molar-refractivity contribution in [1.82, 2.24) is 0 Å². The summed E-state index contributed by atoms with van der Waals surface area (Å²) in [4.78, 5) is 0. The predicted octanol–water partition coefficient (Wildman–Crippen LogP) is 7.87. The summed E-state index contributed by atoms with van der Waals surface area (Å²) >= 11 is 0. The van der Waals surface area contributed by atoms with Crippen molar-refractivity contribution in [3.8, 4) is 11.5 Å². The number of nitrogens with zero attached hydrogens (tertiary/aromatic N) is 2. The molecule has 0 radical (unpaired) electrons. The summed E-state index contributed by atoms with van der Waals surface area (Å²) < 4.78 is 22.6. The molecule has 46 heavy (non-hydrogen) atoms. The zero-order chi connectivity index (χ0) is 33.2. The van der Waals surface area contributed by atoms with Gasteiger partial charge in [0.05, 0.1) is 25.6 Å². The molecule has 2 atom stereocenters. The number of hydrogen-bond donors (Lipinski definition) is 2. The van der Waals surface area contributed by atoms with E-state index in [1.54, 1.807) is 12.4 Å². The Morgan fingerprint density at radius 1 is 0.522 bits per heavy atom. The lowest BCUT2D eigenvalue weighted by Gasteiger charge is -2.13. The van der Waals surface area contributed by atoms with E-state index in [1.807, 2.05) is 48.5 Å². The van der Waals surface area contributed by atoms with Gasteiger partial charge in [0.15, 0.2) is 0 Å². The van der Waals surface area contributed by atoms with Crippen LogP contribution in [0, 0.1) is 11.8 Å². The second-order valence-electron chi connectivity index (χ2n) is 12.9. The van der Waals surface area contributed by atoms with Crippen LogP contribution >= 0.6 is 0 Å². The Kier molecular flexibility index (Phi) is 21.7. The lowest BCUT2D eigenvalue weighted by Crippen LogP contribution is -2.23. The molecular weight excluding hydrogens is 580 g/mol. The van der Waals surface area contributed by atoms with Crippen LogP contribution in [0.5, 0.6) is 11.5 Å². The summed E-state index contributed by atoms with van der Waals surface area (Å²) in [5.41, 5.74) is 1.77. The van der Waals surface area contributed by atoms with E-state index in [2.05, 4.69) is 37.9 Å². The highest BCUT2D eigenvalue weighted by atomic mass is 16.5. The Balaban J connectivity index is 1.55. The molecule has 2 rings (SSSR count). The van der Waals surface area contributed by atoms with Gasteiger partial charge in [0, 0.05) is 13.2 Å². The van der Waals surface area contributed by atoms with Gasteiger partial charge in [0.1, 0.15) is 36.9 Å². The molecule has 0 heterocycles. The zero-order valence-corrected chi connectivity index (χ0v) is 28.8. The first-order valence-corrected chi connectivity index (χ1v) is 17.4. The largest absolute Gasteiger partial charge is 0.491 e. The molecule has 2 aromatic rings. The van der Waals surface area contributed by atoms with Gasteiger partial charge in [-0.1, -0.05) is 79.1 Å². The van der Waals surface area contributed by atoms with E-state index in [0.29, 0.717) is 24.7 Å². The van der Waals surface area contributed by atoms with Crippen molar-refractivity contribution in [2.45, 2.75) is 104 Å². The summed E-state index contributed by atoms with van der Waals surface area (Å²) in [5.74, 6) is 2.90. The lowest BCUT2D eigenvalue weighted by atomic mass is 10.0. The molecule has 0 aliphatic rings. The van der Waals surface area contributed by atoms with Gasteiger partial charge in [-0.05, 0) is 84.3 Å². The van der Waals surface area contributed by atoms with Gasteiger partial charge in [0.2, 0.25) is 0 Å². The lowest BCUT2D eigenvalue weighted by molar-refractivity contribution is 0.0109. The van der Waals surface area contributed by atoms with Crippen molar-refractivity contribution >= 4 is 12.4 Å². The van der Waals surface area contributed by atoms with E-state index >= 15 is 0 Å². The summed E-state index contributed by atoms with van der Waals surface area (Å²) in [6, 6.07) is 14.9. The third-order valence-corrected chi connectivity index (χ3v) is 7.39. The van der Waals surface area contributed by atoms with Crippen molar-refractivity contribution in [2.24, 2.45) is 22.0 Å². The standard InChI is InChI=1S/C38H60N2O6/c1-31(2)13-9-5-7-11-23-43-27-35(41)29-45-37-19-15-33(16-20-37)25-39-40-26-34-17-21-38(22-18-34)46-30-36(42)28-44-24-12-8-6-10-14-32(3)4/h15-22,25-26,31-32,35-36,41-42H,5-14,23-24,27-30H2,1-4H3. The SMILES string of the molecule is CC(C)CCCCCCOCC(O)COc1ccc(C=NN=Cc2ccc(OCC(O)COCCCCCCC(C)C)cc2)cc1. The molecule has 2 aromatic carbocycles. The molecule has 258 valence electrons. The summed E-state index contributed by atoms with van der Waals surface area (Å²) in [6.07, 6.45) is 14.0. The van der Waals surface area contributed by atoms with Crippen LogP contribution in [0.3, 0.4) is 0 Å². The molecule has 8 nitrogen and oxygen atoms in total. The Morgan fingerprint density at radius 2 is 0.891 bits per heavy atom. The fourth-order valence-electron chi connectivity index (χ4n) is 4.64. The molecule has 0 aromatic heterocycles. The van der Waals surface area contributed by atoms with Gasteiger partial charge >= 0.3 is 0 Å². The number of aliphatic hydroxyl groups is 2. The van der Waals surface area contributed by atoms with Crippen LogP contribution in [0.2, 0.25) is 0 Å².